The molecule has 0 heterocycles. The molecule has 1 aliphatic rings. The third-order valence-electron chi connectivity index (χ3n) is 12.0. The zero-order chi connectivity index (χ0) is 39.8. The fraction of sp³-hybridized carbons (Fsp3) is 0.273. The predicted molar refractivity (Wildman–Crippen MR) is 243 cm³/mol. The summed E-state index contributed by atoms with van der Waals surface area (Å²) in [4.78, 5) is 2.61. The van der Waals surface area contributed by atoms with Gasteiger partial charge in [0.15, 0.2) is 0 Å². The van der Waals surface area contributed by atoms with E-state index in [1.165, 1.54) is 89.0 Å². The molecule has 1 aliphatic carbocycles. The minimum Gasteiger partial charge on any atom is -0.310 e. The highest BCUT2D eigenvalue weighted by molar-refractivity contribution is 6.01. The van der Waals surface area contributed by atoms with Gasteiger partial charge in [0.2, 0.25) is 0 Å². The summed E-state index contributed by atoms with van der Waals surface area (Å²) in [5.74, 6) is 0. The van der Waals surface area contributed by atoms with E-state index >= 15 is 0 Å². The average molecular weight is 732 g/mol. The van der Waals surface area contributed by atoms with Gasteiger partial charge in [-0.15, -0.1) is 0 Å². The summed E-state index contributed by atoms with van der Waals surface area (Å²) >= 11 is 0. The maximum absolute atomic E-state index is 2.61. The molecule has 0 N–H and O–H groups in total. The average Bonchev–Trinajstić information content (AvgIpc) is 3.40. The molecule has 0 spiro atoms. The minimum atomic E-state index is -0.241. The molecule has 8 rings (SSSR count). The molecular formula is C55H57N. The fourth-order valence-electron chi connectivity index (χ4n) is 9.35. The number of hydrogen-bond donors (Lipinski definition) is 0. The Labute approximate surface area is 336 Å². The van der Waals surface area contributed by atoms with E-state index in [0.717, 1.165) is 0 Å². The molecule has 56 heavy (non-hydrogen) atoms. The van der Waals surface area contributed by atoms with Gasteiger partial charge in [-0.1, -0.05) is 197 Å². The third-order valence-corrected chi connectivity index (χ3v) is 12.0. The summed E-state index contributed by atoms with van der Waals surface area (Å²) in [5, 5.41) is 2.63. The van der Waals surface area contributed by atoms with Crippen molar-refractivity contribution in [3.05, 3.63) is 173 Å². The molecule has 0 aromatic heterocycles. The van der Waals surface area contributed by atoms with Crippen molar-refractivity contribution in [2.45, 2.75) is 97.8 Å². The van der Waals surface area contributed by atoms with Crippen LogP contribution in [0.4, 0.5) is 17.1 Å². The summed E-state index contributed by atoms with van der Waals surface area (Å²) in [6.45, 7) is 26.0. The number of hydrogen-bond acceptors (Lipinski definition) is 1. The van der Waals surface area contributed by atoms with Crippen molar-refractivity contribution in [2.75, 3.05) is 4.90 Å². The maximum Gasteiger partial charge on any atom is 0.0508 e. The van der Waals surface area contributed by atoms with Crippen LogP contribution in [0.2, 0.25) is 0 Å². The van der Waals surface area contributed by atoms with Gasteiger partial charge in [0.25, 0.3) is 0 Å². The molecule has 0 fully saturated rings. The van der Waals surface area contributed by atoms with Crippen molar-refractivity contribution < 1.29 is 0 Å². The van der Waals surface area contributed by atoms with Gasteiger partial charge in [0.1, 0.15) is 0 Å². The molecule has 7 aromatic rings. The van der Waals surface area contributed by atoms with Crippen LogP contribution >= 0.6 is 0 Å². The first kappa shape index (κ1) is 37.5. The molecule has 0 atom stereocenters. The largest absolute Gasteiger partial charge is 0.310 e. The number of rotatable bonds is 5. The van der Waals surface area contributed by atoms with E-state index in [-0.39, 0.29) is 21.7 Å². The fourth-order valence-corrected chi connectivity index (χ4v) is 9.35. The van der Waals surface area contributed by atoms with Gasteiger partial charge in [-0.2, -0.15) is 0 Å². The smallest absolute Gasteiger partial charge is 0.0508 e. The van der Waals surface area contributed by atoms with E-state index in [0.29, 0.717) is 0 Å². The second-order valence-corrected chi connectivity index (χ2v) is 19.5. The molecule has 0 aliphatic heterocycles. The molecule has 0 bridgehead atoms. The Bertz CT molecular complexity index is 2590. The standard InChI is InChI=1S/C55H57N/c1-52(2,3)42-28-15-16-31-46(42)56(48-32-20-27-41-50-39(36-21-13-12-14-22-36)26-19-30-44(50)55(10,11)51(41)48)47-34-33-38(35-45(47)54(7,8)9)40-25-17-23-37-24-18-29-43(49(37)40)53(4,5)6/h12-35H,1-11H3. The molecule has 1 heteroatoms. The molecular weight excluding hydrogens is 675 g/mol. The third kappa shape index (κ3) is 6.26. The van der Waals surface area contributed by atoms with Gasteiger partial charge in [0, 0.05) is 16.8 Å². The number of anilines is 3. The highest BCUT2D eigenvalue weighted by Gasteiger charge is 2.41. The van der Waals surface area contributed by atoms with Gasteiger partial charge in [0.05, 0.1) is 5.69 Å². The Hall–Kier alpha value is -5.40. The van der Waals surface area contributed by atoms with Crippen molar-refractivity contribution in [3.63, 3.8) is 0 Å². The van der Waals surface area contributed by atoms with E-state index in [1.54, 1.807) is 0 Å². The summed E-state index contributed by atoms with van der Waals surface area (Å²) in [6.07, 6.45) is 0. The SMILES string of the molecule is CC(C)(C)c1ccccc1N(c1ccc(-c2cccc3cccc(C(C)(C)C)c23)cc1C(C)(C)C)c1cccc2c1C(C)(C)c1cccc(-c3ccccc3)c1-2. The van der Waals surface area contributed by atoms with E-state index in [1.807, 2.05) is 0 Å². The summed E-state index contributed by atoms with van der Waals surface area (Å²) < 4.78 is 0. The van der Waals surface area contributed by atoms with Gasteiger partial charge in [-0.25, -0.2) is 0 Å². The Morgan fingerprint density at radius 3 is 1.64 bits per heavy atom. The highest BCUT2D eigenvalue weighted by atomic mass is 15.2. The lowest BCUT2D eigenvalue weighted by molar-refractivity contribution is 0.586. The van der Waals surface area contributed by atoms with Crippen LogP contribution in [0.1, 0.15) is 104 Å². The lowest BCUT2D eigenvalue weighted by Gasteiger charge is -2.38. The van der Waals surface area contributed by atoms with Crippen LogP contribution in [0.15, 0.2) is 146 Å². The number of nitrogens with zero attached hydrogens (tertiary/aromatic N) is 1. The van der Waals surface area contributed by atoms with Crippen molar-refractivity contribution in [1.29, 1.82) is 0 Å². The minimum absolute atomic E-state index is 0.00825. The van der Waals surface area contributed by atoms with E-state index in [4.69, 9.17) is 0 Å². The normalized spacial score (nSPS) is 13.8. The zero-order valence-corrected chi connectivity index (χ0v) is 35.3. The predicted octanol–water partition coefficient (Wildman–Crippen LogP) is 15.8. The molecule has 0 amide bonds. The van der Waals surface area contributed by atoms with Gasteiger partial charge >= 0.3 is 0 Å². The van der Waals surface area contributed by atoms with E-state index in [2.05, 4.69) is 227 Å². The monoisotopic (exact) mass is 731 g/mol. The maximum atomic E-state index is 2.61. The van der Waals surface area contributed by atoms with Crippen LogP contribution in [0.5, 0.6) is 0 Å². The van der Waals surface area contributed by atoms with E-state index < -0.39 is 0 Å². The van der Waals surface area contributed by atoms with Crippen molar-refractivity contribution >= 4 is 27.8 Å². The van der Waals surface area contributed by atoms with Crippen LogP contribution < -0.4 is 4.90 Å². The topological polar surface area (TPSA) is 3.24 Å². The van der Waals surface area contributed by atoms with Gasteiger partial charge in [-0.3, -0.25) is 0 Å². The molecule has 7 aromatic carbocycles. The number of para-hydroxylation sites is 1. The lowest BCUT2D eigenvalue weighted by atomic mass is 9.79. The summed E-state index contributed by atoms with van der Waals surface area (Å²) in [7, 11) is 0. The molecule has 0 saturated heterocycles. The Balaban J connectivity index is 1.44. The molecule has 282 valence electrons. The Morgan fingerprint density at radius 1 is 0.411 bits per heavy atom. The van der Waals surface area contributed by atoms with E-state index in [9.17, 15) is 0 Å². The second kappa shape index (κ2) is 13.4. The van der Waals surface area contributed by atoms with Crippen LogP contribution in [-0.2, 0) is 21.7 Å². The Kier molecular flexibility index (Phi) is 8.96. The molecule has 0 unspecified atom stereocenters. The second-order valence-electron chi connectivity index (χ2n) is 19.5. The van der Waals surface area contributed by atoms with Crippen molar-refractivity contribution in [3.8, 4) is 33.4 Å². The summed E-state index contributed by atoms with van der Waals surface area (Å²) in [5.41, 5.74) is 17.7. The highest BCUT2D eigenvalue weighted by Crippen LogP contribution is 2.58. The zero-order valence-electron chi connectivity index (χ0n) is 35.3. The van der Waals surface area contributed by atoms with Gasteiger partial charge in [-0.05, 0) is 112 Å². The van der Waals surface area contributed by atoms with Crippen molar-refractivity contribution in [2.24, 2.45) is 0 Å². The number of fused-ring (bicyclic) bond motifs is 4. The first-order chi connectivity index (χ1) is 26.5. The molecule has 0 saturated carbocycles. The van der Waals surface area contributed by atoms with Crippen LogP contribution in [-0.4, -0.2) is 0 Å². The molecule has 0 radical (unpaired) electrons. The van der Waals surface area contributed by atoms with Crippen LogP contribution in [0, 0.1) is 0 Å². The molecule has 1 nitrogen and oxygen atoms in total. The first-order valence-corrected chi connectivity index (χ1v) is 20.4. The van der Waals surface area contributed by atoms with Crippen LogP contribution in [0.3, 0.4) is 0 Å². The lowest BCUT2D eigenvalue weighted by Crippen LogP contribution is -2.25. The number of benzene rings is 7. The Morgan fingerprint density at radius 2 is 0.946 bits per heavy atom. The first-order valence-electron chi connectivity index (χ1n) is 20.4. The van der Waals surface area contributed by atoms with Crippen LogP contribution in [0.25, 0.3) is 44.2 Å². The van der Waals surface area contributed by atoms with Crippen molar-refractivity contribution in [1.82, 2.24) is 0 Å². The van der Waals surface area contributed by atoms with Gasteiger partial charge < -0.3 is 4.90 Å². The summed E-state index contributed by atoms with van der Waals surface area (Å²) in [6, 6.07) is 54.7. The quantitative estimate of drug-likeness (QED) is 0.170.